The second kappa shape index (κ2) is 12.3. The molecule has 1 heterocycles. The summed E-state index contributed by atoms with van der Waals surface area (Å²) in [5.41, 5.74) is 3.94. The molecule has 8 heteroatoms. The molecule has 1 aliphatic carbocycles. The van der Waals surface area contributed by atoms with E-state index in [0.717, 1.165) is 40.7 Å². The monoisotopic (exact) mass is 553 g/mol. The number of amides is 1. The molecule has 2 aromatic carbocycles. The van der Waals surface area contributed by atoms with Crippen LogP contribution in [-0.4, -0.2) is 34.6 Å². The summed E-state index contributed by atoms with van der Waals surface area (Å²) in [6.07, 6.45) is 4.57. The molecule has 0 bridgehead atoms. The van der Waals surface area contributed by atoms with Crippen molar-refractivity contribution >= 4 is 39.9 Å². The fourth-order valence-electron chi connectivity index (χ4n) is 5.10. The molecule has 1 aliphatic rings. The summed E-state index contributed by atoms with van der Waals surface area (Å²) in [5.74, 6) is -0.471. The van der Waals surface area contributed by atoms with Crippen LogP contribution in [0.15, 0.2) is 53.9 Å². The Morgan fingerprint density at radius 1 is 1.05 bits per heavy atom. The summed E-state index contributed by atoms with van der Waals surface area (Å²) in [4.78, 5) is 30.5. The number of hydrogen-bond acceptors (Lipinski definition) is 5. The van der Waals surface area contributed by atoms with Crippen molar-refractivity contribution < 1.29 is 14.7 Å². The molecule has 0 unspecified atom stereocenters. The number of thiazole rings is 1. The van der Waals surface area contributed by atoms with Gasteiger partial charge in [-0.15, -0.1) is 11.3 Å². The molecule has 38 heavy (non-hydrogen) atoms. The molecule has 6 nitrogen and oxygen atoms in total. The van der Waals surface area contributed by atoms with Crippen LogP contribution in [0.5, 0.6) is 0 Å². The van der Waals surface area contributed by atoms with Gasteiger partial charge in [0.1, 0.15) is 0 Å². The van der Waals surface area contributed by atoms with E-state index >= 15 is 0 Å². The van der Waals surface area contributed by atoms with E-state index in [0.29, 0.717) is 28.6 Å². The second-order valence-corrected chi connectivity index (χ2v) is 12.4. The molecule has 0 atom stereocenters. The van der Waals surface area contributed by atoms with Crippen molar-refractivity contribution in [2.24, 2.45) is 11.3 Å². The Kier molecular flexibility index (Phi) is 9.11. The van der Waals surface area contributed by atoms with E-state index in [1.165, 1.54) is 12.8 Å². The van der Waals surface area contributed by atoms with Gasteiger partial charge >= 0.3 is 5.97 Å². The Morgan fingerprint density at radius 2 is 1.71 bits per heavy atom. The number of carboxylic acids is 1. The maximum atomic E-state index is 12.4. The van der Waals surface area contributed by atoms with Gasteiger partial charge in [-0.3, -0.25) is 9.59 Å². The van der Waals surface area contributed by atoms with Crippen LogP contribution in [0.1, 0.15) is 68.8 Å². The number of carbonyl (C=O) groups is 2. The molecule has 3 aromatic rings. The first kappa shape index (κ1) is 28.1. The molecule has 1 fully saturated rings. The van der Waals surface area contributed by atoms with Gasteiger partial charge in [0.2, 0.25) is 0 Å². The van der Waals surface area contributed by atoms with Gasteiger partial charge in [-0.25, -0.2) is 4.98 Å². The molecule has 0 radical (unpaired) electrons. The van der Waals surface area contributed by atoms with Gasteiger partial charge in [0.05, 0.1) is 12.1 Å². The summed E-state index contributed by atoms with van der Waals surface area (Å²) >= 11 is 7.75. The minimum absolute atomic E-state index is 0.0952. The first-order valence-corrected chi connectivity index (χ1v) is 14.4. The highest BCUT2D eigenvalue weighted by atomic mass is 35.5. The number of anilines is 1. The fourth-order valence-corrected chi connectivity index (χ4v) is 6.13. The molecule has 4 rings (SSSR count). The van der Waals surface area contributed by atoms with Crippen molar-refractivity contribution in [3.05, 3.63) is 70.1 Å². The van der Waals surface area contributed by atoms with Crippen LogP contribution in [-0.2, 0) is 11.3 Å². The maximum Gasteiger partial charge on any atom is 0.305 e. The van der Waals surface area contributed by atoms with Crippen LogP contribution < -0.4 is 10.2 Å². The third kappa shape index (κ3) is 7.35. The molecule has 0 spiro atoms. The number of carboxylic acid groups (broad SMARTS) is 1. The smallest absolute Gasteiger partial charge is 0.305 e. The molecule has 0 aliphatic heterocycles. The number of nitrogens with one attached hydrogen (secondary N) is 1. The predicted octanol–water partition coefficient (Wildman–Crippen LogP) is 7.28. The average molecular weight is 554 g/mol. The van der Waals surface area contributed by atoms with Crippen molar-refractivity contribution in [2.75, 3.05) is 11.4 Å². The predicted molar refractivity (Wildman–Crippen MR) is 155 cm³/mol. The first-order valence-electron chi connectivity index (χ1n) is 13.2. The highest BCUT2D eigenvalue weighted by molar-refractivity contribution is 7.14. The number of aliphatic carboxylic acids is 1. The summed E-state index contributed by atoms with van der Waals surface area (Å²) in [5, 5.41) is 15.3. The van der Waals surface area contributed by atoms with E-state index in [9.17, 15) is 9.59 Å². The van der Waals surface area contributed by atoms with Crippen LogP contribution in [0.4, 0.5) is 5.13 Å². The number of benzene rings is 2. The van der Waals surface area contributed by atoms with Crippen molar-refractivity contribution in [3.8, 4) is 11.3 Å². The summed E-state index contributed by atoms with van der Waals surface area (Å²) in [6.45, 7) is 7.84. The van der Waals surface area contributed by atoms with Gasteiger partial charge in [0, 0.05) is 40.7 Å². The minimum atomic E-state index is -0.932. The molecule has 2 N–H and O–H groups in total. The van der Waals surface area contributed by atoms with Gasteiger partial charge in [0.25, 0.3) is 5.91 Å². The van der Waals surface area contributed by atoms with Crippen LogP contribution in [0.2, 0.25) is 5.02 Å². The van der Waals surface area contributed by atoms with Crippen molar-refractivity contribution in [1.29, 1.82) is 0 Å². The molecule has 1 aromatic heterocycles. The summed E-state index contributed by atoms with van der Waals surface area (Å²) in [6, 6.07) is 15.8. The lowest BCUT2D eigenvalue weighted by Gasteiger charge is -2.41. The number of hydrogen-bond donors (Lipinski definition) is 2. The number of carbonyl (C=O) groups excluding carboxylic acids is 1. The molecule has 1 saturated carbocycles. The van der Waals surface area contributed by atoms with Crippen molar-refractivity contribution in [2.45, 2.75) is 65.5 Å². The normalized spacial score (nSPS) is 17.7. The van der Waals surface area contributed by atoms with Gasteiger partial charge in [0.15, 0.2) is 5.13 Å². The third-order valence-corrected chi connectivity index (χ3v) is 8.56. The molecule has 202 valence electrons. The summed E-state index contributed by atoms with van der Waals surface area (Å²) < 4.78 is 0. The SMILES string of the molecule is CC(C)(C)C1CCC(N(Cc2ccc(C(=O)NCCC(=O)O)cc2)c2nc(-c3ccc(Cl)cc3)cs2)CC1. The Balaban J connectivity index is 1.52. The number of rotatable bonds is 9. The topological polar surface area (TPSA) is 82.5 Å². The average Bonchev–Trinajstić information content (AvgIpc) is 3.37. The maximum absolute atomic E-state index is 12.4. The van der Waals surface area contributed by atoms with Crippen molar-refractivity contribution in [3.63, 3.8) is 0 Å². The van der Waals surface area contributed by atoms with E-state index in [1.807, 2.05) is 36.4 Å². The Morgan fingerprint density at radius 3 is 2.32 bits per heavy atom. The highest BCUT2D eigenvalue weighted by Crippen LogP contribution is 2.41. The number of halogens is 1. The zero-order chi connectivity index (χ0) is 27.3. The Bertz CT molecular complexity index is 1230. The minimum Gasteiger partial charge on any atom is -0.481 e. The van der Waals surface area contributed by atoms with Gasteiger partial charge in [-0.05, 0) is 66.8 Å². The van der Waals surface area contributed by atoms with E-state index in [2.05, 4.69) is 36.4 Å². The fraction of sp³-hybridized carbons (Fsp3) is 0.433. The Labute approximate surface area is 234 Å². The molecular formula is C30H36ClN3O3S. The first-order chi connectivity index (χ1) is 18.1. The lowest BCUT2D eigenvalue weighted by Crippen LogP contribution is -2.39. The zero-order valence-electron chi connectivity index (χ0n) is 22.2. The zero-order valence-corrected chi connectivity index (χ0v) is 23.8. The third-order valence-electron chi connectivity index (χ3n) is 7.43. The lowest BCUT2D eigenvalue weighted by atomic mass is 9.71. The Hall–Kier alpha value is -2.90. The molecule has 1 amide bonds. The quantitative estimate of drug-likeness (QED) is 0.291. The molecule has 0 saturated heterocycles. The number of nitrogens with zero attached hydrogens (tertiary/aromatic N) is 2. The van der Waals surface area contributed by atoms with E-state index in [-0.39, 0.29) is 18.9 Å². The lowest BCUT2D eigenvalue weighted by molar-refractivity contribution is -0.136. The van der Waals surface area contributed by atoms with Crippen LogP contribution in [0.25, 0.3) is 11.3 Å². The molecular weight excluding hydrogens is 518 g/mol. The second-order valence-electron chi connectivity index (χ2n) is 11.1. The van der Waals surface area contributed by atoms with E-state index in [4.69, 9.17) is 21.7 Å². The van der Waals surface area contributed by atoms with Gasteiger partial charge in [-0.2, -0.15) is 0 Å². The number of aromatic nitrogens is 1. The van der Waals surface area contributed by atoms with Crippen LogP contribution in [0, 0.1) is 11.3 Å². The van der Waals surface area contributed by atoms with Gasteiger partial charge < -0.3 is 15.3 Å². The van der Waals surface area contributed by atoms with E-state index < -0.39 is 5.97 Å². The largest absolute Gasteiger partial charge is 0.481 e. The standard InChI is InChI=1S/C30H36ClN3O3S/c1-30(2,3)23-10-14-25(15-11-23)34(29-33-26(19-38-29)21-8-12-24(31)13-9-21)18-20-4-6-22(7-5-20)28(37)32-17-16-27(35)36/h4-9,12-13,19,23,25H,10-11,14-18H2,1-3H3,(H,32,37)(H,35,36). The van der Waals surface area contributed by atoms with E-state index in [1.54, 1.807) is 23.5 Å². The van der Waals surface area contributed by atoms with Gasteiger partial charge in [-0.1, -0.05) is 56.6 Å². The van der Waals surface area contributed by atoms with Crippen LogP contribution in [0.3, 0.4) is 0 Å². The summed E-state index contributed by atoms with van der Waals surface area (Å²) in [7, 11) is 0. The highest BCUT2D eigenvalue weighted by Gasteiger charge is 2.33. The van der Waals surface area contributed by atoms with Crippen LogP contribution >= 0.6 is 22.9 Å². The van der Waals surface area contributed by atoms with Crippen molar-refractivity contribution in [1.82, 2.24) is 10.3 Å².